The lowest BCUT2D eigenvalue weighted by Crippen LogP contribution is -2.53. The van der Waals surface area contributed by atoms with E-state index in [9.17, 15) is 4.79 Å². The number of urea groups is 1. The van der Waals surface area contributed by atoms with Gasteiger partial charge in [0.25, 0.3) is 0 Å². The van der Waals surface area contributed by atoms with E-state index in [1.807, 2.05) is 29.2 Å². The molecule has 2 amide bonds. The number of hydrogen-bond acceptors (Lipinski definition) is 4. The molecular weight excluding hydrogens is 328 g/mol. The van der Waals surface area contributed by atoms with Crippen molar-refractivity contribution in [1.82, 2.24) is 10.2 Å². The predicted molar refractivity (Wildman–Crippen MR) is 101 cm³/mol. The number of carbonyl (C=O) groups is 1. The number of methoxy groups -OCH3 is 1. The topological polar surface area (TPSA) is 68.6 Å². The van der Waals surface area contributed by atoms with E-state index >= 15 is 0 Å². The van der Waals surface area contributed by atoms with Gasteiger partial charge in [0.05, 0.1) is 18.2 Å². The molecule has 0 spiro atoms. The van der Waals surface area contributed by atoms with Gasteiger partial charge in [-0.1, -0.05) is 12.8 Å². The van der Waals surface area contributed by atoms with Crippen LogP contribution < -0.4 is 10.2 Å². The lowest BCUT2D eigenvalue weighted by molar-refractivity contribution is 0.0825. The lowest BCUT2D eigenvalue weighted by Gasteiger charge is -2.37. The second-order valence-corrected chi connectivity index (χ2v) is 7.43. The van der Waals surface area contributed by atoms with Gasteiger partial charge < -0.3 is 19.9 Å². The molecule has 1 saturated carbocycles. The van der Waals surface area contributed by atoms with Gasteiger partial charge in [0.1, 0.15) is 0 Å². The summed E-state index contributed by atoms with van der Waals surface area (Å²) < 4.78 is 5.39. The highest BCUT2D eigenvalue weighted by molar-refractivity contribution is 5.74. The third-order valence-corrected chi connectivity index (χ3v) is 5.66. The fourth-order valence-electron chi connectivity index (χ4n) is 4.09. The number of ether oxygens (including phenoxy) is 1. The maximum Gasteiger partial charge on any atom is 0.317 e. The van der Waals surface area contributed by atoms with E-state index in [1.54, 1.807) is 7.11 Å². The number of rotatable bonds is 5. The number of nitriles is 1. The smallest absolute Gasteiger partial charge is 0.317 e. The van der Waals surface area contributed by atoms with Crippen molar-refractivity contribution in [1.29, 1.82) is 5.26 Å². The van der Waals surface area contributed by atoms with Gasteiger partial charge in [-0.25, -0.2) is 4.79 Å². The van der Waals surface area contributed by atoms with Crippen LogP contribution in [0.3, 0.4) is 0 Å². The van der Waals surface area contributed by atoms with Crippen LogP contribution in [0.5, 0.6) is 0 Å². The predicted octanol–water partition coefficient (Wildman–Crippen LogP) is 2.60. The van der Waals surface area contributed by atoms with Crippen molar-refractivity contribution >= 4 is 11.7 Å². The number of nitrogens with one attached hydrogen (secondary N) is 1. The molecule has 0 unspecified atom stereocenters. The molecule has 3 rings (SSSR count). The second kappa shape index (κ2) is 8.41. The number of benzene rings is 1. The molecule has 1 heterocycles. The fraction of sp³-hybridized carbons (Fsp3) is 0.600. The summed E-state index contributed by atoms with van der Waals surface area (Å²) in [4.78, 5) is 16.7. The Morgan fingerprint density at radius 3 is 2.42 bits per heavy atom. The molecule has 1 aliphatic heterocycles. The molecular formula is C20H28N4O2. The van der Waals surface area contributed by atoms with E-state index in [-0.39, 0.29) is 11.4 Å². The molecule has 26 heavy (non-hydrogen) atoms. The monoisotopic (exact) mass is 356 g/mol. The highest BCUT2D eigenvalue weighted by atomic mass is 16.5. The molecule has 2 aliphatic rings. The molecule has 140 valence electrons. The standard InChI is InChI=1S/C20H28N4O2/c1-26-16-20(8-2-3-9-20)15-22-19(25)24-12-10-23(11-13-24)18-6-4-17(14-21)5-7-18/h4-7H,2-3,8-13,15-16H2,1H3,(H,22,25). The number of carbonyl (C=O) groups excluding carboxylic acids is 1. The molecule has 0 atom stereocenters. The van der Waals surface area contributed by atoms with Gasteiger partial charge >= 0.3 is 6.03 Å². The highest BCUT2D eigenvalue weighted by Gasteiger charge is 2.34. The van der Waals surface area contributed by atoms with E-state index in [2.05, 4.69) is 16.3 Å². The van der Waals surface area contributed by atoms with Gasteiger partial charge in [0.2, 0.25) is 0 Å². The Morgan fingerprint density at radius 1 is 1.19 bits per heavy atom. The quantitative estimate of drug-likeness (QED) is 0.880. The first-order valence-electron chi connectivity index (χ1n) is 9.43. The van der Waals surface area contributed by atoms with Crippen molar-refractivity contribution < 1.29 is 9.53 Å². The molecule has 1 aliphatic carbocycles. The van der Waals surface area contributed by atoms with Gasteiger partial charge in [-0.3, -0.25) is 0 Å². The Balaban J connectivity index is 1.48. The van der Waals surface area contributed by atoms with E-state index in [1.165, 1.54) is 12.8 Å². The minimum Gasteiger partial charge on any atom is -0.384 e. The highest BCUT2D eigenvalue weighted by Crippen LogP contribution is 2.37. The van der Waals surface area contributed by atoms with Gasteiger partial charge in [-0.05, 0) is 37.1 Å². The number of piperazine rings is 1. The first-order chi connectivity index (χ1) is 12.7. The normalized spacial score (nSPS) is 19.2. The average molecular weight is 356 g/mol. The van der Waals surface area contributed by atoms with Crippen LogP contribution in [0.1, 0.15) is 31.2 Å². The molecule has 6 nitrogen and oxygen atoms in total. The lowest BCUT2D eigenvalue weighted by atomic mass is 9.87. The van der Waals surface area contributed by atoms with Crippen LogP contribution in [0.15, 0.2) is 24.3 Å². The second-order valence-electron chi connectivity index (χ2n) is 7.43. The van der Waals surface area contributed by atoms with E-state index in [0.717, 1.165) is 38.2 Å². The van der Waals surface area contributed by atoms with Gasteiger partial charge in [-0.2, -0.15) is 5.26 Å². The van der Waals surface area contributed by atoms with Crippen molar-refractivity contribution in [3.8, 4) is 6.07 Å². The van der Waals surface area contributed by atoms with Crippen molar-refractivity contribution in [3.05, 3.63) is 29.8 Å². The summed E-state index contributed by atoms with van der Waals surface area (Å²) in [6.45, 7) is 4.46. The first-order valence-corrected chi connectivity index (χ1v) is 9.43. The Kier molecular flexibility index (Phi) is 6.00. The van der Waals surface area contributed by atoms with Crippen LogP contribution in [0.25, 0.3) is 0 Å². The Hall–Kier alpha value is -2.26. The maximum atomic E-state index is 12.5. The van der Waals surface area contributed by atoms with E-state index in [0.29, 0.717) is 25.2 Å². The maximum absolute atomic E-state index is 12.5. The summed E-state index contributed by atoms with van der Waals surface area (Å²) in [6, 6.07) is 9.80. The van der Waals surface area contributed by atoms with Gasteiger partial charge in [0.15, 0.2) is 0 Å². The minimum absolute atomic E-state index is 0.0341. The summed E-state index contributed by atoms with van der Waals surface area (Å²) in [6.07, 6.45) is 4.71. The first kappa shape index (κ1) is 18.5. The van der Waals surface area contributed by atoms with Crippen LogP contribution in [-0.4, -0.2) is 57.4 Å². The SMILES string of the molecule is COCC1(CNC(=O)N2CCN(c3ccc(C#N)cc3)CC2)CCCC1. The number of amides is 2. The van der Waals surface area contributed by atoms with E-state index < -0.39 is 0 Å². The zero-order valence-corrected chi connectivity index (χ0v) is 15.5. The largest absolute Gasteiger partial charge is 0.384 e. The third-order valence-electron chi connectivity index (χ3n) is 5.66. The van der Waals surface area contributed by atoms with Crippen molar-refractivity contribution in [2.45, 2.75) is 25.7 Å². The van der Waals surface area contributed by atoms with Crippen molar-refractivity contribution in [2.75, 3.05) is 51.3 Å². The third kappa shape index (κ3) is 4.28. The molecule has 0 bridgehead atoms. The minimum atomic E-state index is 0.0341. The van der Waals surface area contributed by atoms with Crippen LogP contribution in [-0.2, 0) is 4.74 Å². The molecule has 0 aromatic heterocycles. The summed E-state index contributed by atoms with van der Waals surface area (Å²) in [5.74, 6) is 0. The molecule has 1 aromatic carbocycles. The Morgan fingerprint density at radius 2 is 1.85 bits per heavy atom. The van der Waals surface area contributed by atoms with Gasteiger partial charge in [-0.15, -0.1) is 0 Å². The number of nitrogens with zero attached hydrogens (tertiary/aromatic N) is 3. The van der Waals surface area contributed by atoms with Crippen LogP contribution in [0.2, 0.25) is 0 Å². The summed E-state index contributed by atoms with van der Waals surface area (Å²) >= 11 is 0. The summed E-state index contributed by atoms with van der Waals surface area (Å²) in [7, 11) is 1.74. The number of anilines is 1. The Labute approximate surface area is 155 Å². The average Bonchev–Trinajstić information content (AvgIpc) is 3.15. The van der Waals surface area contributed by atoms with E-state index in [4.69, 9.17) is 10.00 Å². The van der Waals surface area contributed by atoms with Crippen LogP contribution >= 0.6 is 0 Å². The molecule has 1 saturated heterocycles. The zero-order chi connectivity index (χ0) is 18.4. The summed E-state index contributed by atoms with van der Waals surface area (Å²) in [5.41, 5.74) is 1.90. The molecule has 6 heteroatoms. The van der Waals surface area contributed by atoms with Crippen molar-refractivity contribution in [3.63, 3.8) is 0 Å². The van der Waals surface area contributed by atoms with Crippen molar-refractivity contribution in [2.24, 2.45) is 5.41 Å². The van der Waals surface area contributed by atoms with Gasteiger partial charge in [0, 0.05) is 50.9 Å². The molecule has 1 N–H and O–H groups in total. The fourth-order valence-corrected chi connectivity index (χ4v) is 4.09. The molecule has 0 radical (unpaired) electrons. The molecule has 2 fully saturated rings. The van der Waals surface area contributed by atoms with Crippen LogP contribution in [0.4, 0.5) is 10.5 Å². The molecule has 1 aromatic rings. The summed E-state index contributed by atoms with van der Waals surface area (Å²) in [5, 5.41) is 12.0. The zero-order valence-electron chi connectivity index (χ0n) is 15.5. The van der Waals surface area contributed by atoms with Crippen LogP contribution in [0, 0.1) is 16.7 Å². The Bertz CT molecular complexity index is 639. The number of hydrogen-bond donors (Lipinski definition) is 1.